The molecule has 3 heterocycles. The van der Waals surface area contributed by atoms with E-state index >= 15 is 0 Å². The molecular formula is C34H33FN4O. The molecule has 1 aromatic carbocycles. The van der Waals surface area contributed by atoms with E-state index in [-0.39, 0.29) is 23.6 Å². The third-order valence-electron chi connectivity index (χ3n) is 7.96. The Morgan fingerprint density at radius 3 is 2.73 bits per heavy atom. The van der Waals surface area contributed by atoms with Crippen LogP contribution in [0.2, 0.25) is 0 Å². The van der Waals surface area contributed by atoms with Crippen molar-refractivity contribution in [2.24, 2.45) is 5.92 Å². The number of fused-ring (bicyclic) bond motifs is 2. The number of H-pyrrole nitrogens is 1. The van der Waals surface area contributed by atoms with Crippen molar-refractivity contribution >= 4 is 28.1 Å². The summed E-state index contributed by atoms with van der Waals surface area (Å²) in [6.45, 7) is 8.15. The molecule has 2 atom stereocenters. The van der Waals surface area contributed by atoms with Crippen LogP contribution in [0.15, 0.2) is 84.6 Å². The molecule has 6 heteroatoms. The molecule has 1 amide bonds. The number of nitrogens with zero attached hydrogens (tertiary/aromatic N) is 2. The van der Waals surface area contributed by atoms with Crippen LogP contribution in [0.4, 0.5) is 10.1 Å². The predicted octanol–water partition coefficient (Wildman–Crippen LogP) is 8.45. The molecule has 0 fully saturated rings. The summed E-state index contributed by atoms with van der Waals surface area (Å²) in [5, 5.41) is 4.06. The molecule has 4 aromatic rings. The summed E-state index contributed by atoms with van der Waals surface area (Å²) >= 11 is 0. The molecular weight excluding hydrogens is 499 g/mol. The molecule has 2 N–H and O–H groups in total. The van der Waals surface area contributed by atoms with Crippen molar-refractivity contribution in [3.8, 4) is 11.1 Å². The van der Waals surface area contributed by atoms with Gasteiger partial charge in [0.1, 0.15) is 5.83 Å². The number of allylic oxidation sites excluding steroid dienone is 5. The molecule has 0 aliphatic heterocycles. The lowest BCUT2D eigenvalue weighted by molar-refractivity contribution is -0.118. The van der Waals surface area contributed by atoms with E-state index in [1.807, 2.05) is 38.3 Å². The number of hydrogen-bond acceptors (Lipinski definition) is 3. The average molecular weight is 533 g/mol. The van der Waals surface area contributed by atoms with Crippen LogP contribution in [-0.4, -0.2) is 20.9 Å². The second kappa shape index (κ2) is 10.3. The second-order valence-corrected chi connectivity index (χ2v) is 11.3. The first kappa shape index (κ1) is 25.9. The van der Waals surface area contributed by atoms with E-state index in [0.29, 0.717) is 18.0 Å². The molecule has 0 spiro atoms. The molecule has 0 saturated carbocycles. The maximum atomic E-state index is 14.1. The number of nitrogens with one attached hydrogen (secondary N) is 2. The maximum Gasteiger partial charge on any atom is 0.226 e. The van der Waals surface area contributed by atoms with Crippen LogP contribution in [0, 0.1) is 5.92 Å². The normalized spacial score (nSPS) is 18.7. The highest BCUT2D eigenvalue weighted by atomic mass is 19.1. The Hall–Kier alpha value is -4.32. The Bertz CT molecular complexity index is 1730. The topological polar surface area (TPSA) is 70.7 Å². The van der Waals surface area contributed by atoms with Gasteiger partial charge in [0.05, 0.1) is 17.6 Å². The summed E-state index contributed by atoms with van der Waals surface area (Å²) in [7, 11) is 0. The number of halogens is 1. The number of carbonyl (C=O) groups excluding carboxylic acids is 1. The highest BCUT2D eigenvalue weighted by Gasteiger charge is 2.27. The van der Waals surface area contributed by atoms with E-state index in [9.17, 15) is 9.18 Å². The minimum atomic E-state index is -0.118. The van der Waals surface area contributed by atoms with E-state index < -0.39 is 0 Å². The molecule has 3 aromatic heterocycles. The minimum absolute atomic E-state index is 0.00956. The fourth-order valence-electron chi connectivity index (χ4n) is 5.93. The van der Waals surface area contributed by atoms with E-state index in [2.05, 4.69) is 59.5 Å². The molecule has 1 unspecified atom stereocenters. The van der Waals surface area contributed by atoms with Crippen LogP contribution in [0.3, 0.4) is 0 Å². The van der Waals surface area contributed by atoms with Crippen molar-refractivity contribution in [3.05, 3.63) is 107 Å². The van der Waals surface area contributed by atoms with Crippen LogP contribution in [-0.2, 0) is 4.79 Å². The van der Waals surface area contributed by atoms with E-state index in [4.69, 9.17) is 4.98 Å². The van der Waals surface area contributed by atoms with Crippen molar-refractivity contribution < 1.29 is 9.18 Å². The van der Waals surface area contributed by atoms with Gasteiger partial charge < -0.3 is 10.3 Å². The maximum absolute atomic E-state index is 14.1. The fourth-order valence-corrected chi connectivity index (χ4v) is 5.93. The number of pyridine rings is 2. The third-order valence-corrected chi connectivity index (χ3v) is 7.96. The van der Waals surface area contributed by atoms with Gasteiger partial charge in [0.2, 0.25) is 5.91 Å². The fraction of sp³-hybridized carbons (Fsp3) is 0.265. The Morgan fingerprint density at radius 1 is 1.10 bits per heavy atom. The van der Waals surface area contributed by atoms with E-state index in [0.717, 1.165) is 56.5 Å². The van der Waals surface area contributed by atoms with Crippen molar-refractivity contribution in [1.29, 1.82) is 0 Å². The highest BCUT2D eigenvalue weighted by molar-refractivity contribution is 5.94. The number of carbonyl (C=O) groups is 1. The molecule has 40 heavy (non-hydrogen) atoms. The largest absolute Gasteiger partial charge is 0.355 e. The zero-order valence-electron chi connectivity index (χ0n) is 23.3. The molecule has 0 bridgehead atoms. The van der Waals surface area contributed by atoms with Crippen molar-refractivity contribution in [2.75, 3.05) is 5.32 Å². The standard InChI is InChI=1S/C34H33FN4O/c1-19(2)34(40)38-26-13-23(16-36-18-26)24-14-29-32(20(3)11-21(4)33(29)37-17-24)31-15-28-27(9-6-10-30(28)39-31)22-7-5-8-25(35)12-22/h5-10,13-19,21-22,39H,11-12H2,1-4H3,(H,38,40)/t21-,22?/m1/s1. The number of aromatic amines is 1. The second-order valence-electron chi connectivity index (χ2n) is 11.3. The molecule has 5 nitrogen and oxygen atoms in total. The molecule has 2 aliphatic rings. The Morgan fingerprint density at radius 2 is 1.93 bits per heavy atom. The van der Waals surface area contributed by atoms with Gasteiger partial charge in [0, 0.05) is 75.4 Å². The van der Waals surface area contributed by atoms with Gasteiger partial charge in [-0.25, -0.2) is 4.39 Å². The SMILES string of the molecule is CC1=C(c2cc3c(C4C=CC=C(F)C4)cccc3[nH]2)c2cc(-c3cncc(NC(=O)C(C)C)c3)cnc2[C@H](C)C1. The summed E-state index contributed by atoms with van der Waals surface area (Å²) in [4.78, 5) is 25.2. The van der Waals surface area contributed by atoms with Gasteiger partial charge in [-0.15, -0.1) is 0 Å². The molecule has 6 rings (SSSR count). The summed E-state index contributed by atoms with van der Waals surface area (Å²) in [6, 6.07) is 12.6. The first-order valence-electron chi connectivity index (χ1n) is 13.9. The van der Waals surface area contributed by atoms with Crippen LogP contribution in [0.25, 0.3) is 27.6 Å². The van der Waals surface area contributed by atoms with Gasteiger partial charge in [-0.3, -0.25) is 14.8 Å². The quantitative estimate of drug-likeness (QED) is 0.271. The van der Waals surface area contributed by atoms with Gasteiger partial charge in [-0.05, 0) is 49.2 Å². The number of hydrogen-bond donors (Lipinski definition) is 2. The van der Waals surface area contributed by atoms with Gasteiger partial charge in [0.15, 0.2) is 0 Å². The predicted molar refractivity (Wildman–Crippen MR) is 160 cm³/mol. The number of amides is 1. The summed E-state index contributed by atoms with van der Waals surface area (Å²) in [6.07, 6.45) is 12.1. The van der Waals surface area contributed by atoms with E-state index in [1.165, 1.54) is 5.57 Å². The smallest absolute Gasteiger partial charge is 0.226 e. The zero-order chi connectivity index (χ0) is 28.0. The van der Waals surface area contributed by atoms with Crippen LogP contribution in [0.1, 0.15) is 74.9 Å². The summed E-state index contributed by atoms with van der Waals surface area (Å²) < 4.78 is 14.1. The van der Waals surface area contributed by atoms with Crippen molar-refractivity contribution in [1.82, 2.24) is 15.0 Å². The Kier molecular flexibility index (Phi) is 6.70. The first-order valence-corrected chi connectivity index (χ1v) is 13.9. The minimum Gasteiger partial charge on any atom is -0.355 e. The zero-order valence-corrected chi connectivity index (χ0v) is 23.3. The van der Waals surface area contributed by atoms with Gasteiger partial charge >= 0.3 is 0 Å². The molecule has 202 valence electrons. The van der Waals surface area contributed by atoms with Gasteiger partial charge in [-0.2, -0.15) is 0 Å². The van der Waals surface area contributed by atoms with E-state index in [1.54, 1.807) is 18.5 Å². The number of rotatable bonds is 5. The first-order chi connectivity index (χ1) is 19.3. The van der Waals surface area contributed by atoms with Crippen molar-refractivity contribution in [2.45, 2.75) is 52.4 Å². The Labute approximate surface area is 234 Å². The third kappa shape index (κ3) is 4.79. The lowest BCUT2D eigenvalue weighted by Crippen LogP contribution is -2.17. The highest BCUT2D eigenvalue weighted by Crippen LogP contribution is 2.43. The van der Waals surface area contributed by atoms with Crippen LogP contribution in [0.5, 0.6) is 0 Å². The lowest BCUT2D eigenvalue weighted by atomic mass is 9.81. The summed E-state index contributed by atoms with van der Waals surface area (Å²) in [5.41, 5.74) is 10.3. The number of aromatic nitrogens is 3. The van der Waals surface area contributed by atoms with Crippen molar-refractivity contribution in [3.63, 3.8) is 0 Å². The molecule has 0 radical (unpaired) electrons. The van der Waals surface area contributed by atoms with Gasteiger partial charge in [0.25, 0.3) is 0 Å². The lowest BCUT2D eigenvalue weighted by Gasteiger charge is -2.26. The summed E-state index contributed by atoms with van der Waals surface area (Å²) in [5.74, 6) is 0.0560. The number of benzene rings is 1. The van der Waals surface area contributed by atoms with Crippen LogP contribution >= 0.6 is 0 Å². The Balaban J connectivity index is 1.42. The average Bonchev–Trinajstić information content (AvgIpc) is 3.36. The molecule has 0 saturated heterocycles. The molecule has 2 aliphatic carbocycles. The number of anilines is 1. The van der Waals surface area contributed by atoms with Crippen LogP contribution < -0.4 is 5.32 Å². The van der Waals surface area contributed by atoms with Gasteiger partial charge in [-0.1, -0.05) is 50.6 Å². The monoisotopic (exact) mass is 532 g/mol.